The highest BCUT2D eigenvalue weighted by Gasteiger charge is 2.17. The van der Waals surface area contributed by atoms with E-state index >= 15 is 0 Å². The minimum absolute atomic E-state index is 0.118. The van der Waals surface area contributed by atoms with E-state index in [-0.39, 0.29) is 5.41 Å². The third-order valence-corrected chi connectivity index (χ3v) is 1.79. The fourth-order valence-corrected chi connectivity index (χ4v) is 0.941. The van der Waals surface area contributed by atoms with Crippen molar-refractivity contribution in [2.75, 3.05) is 0 Å². The largest absolute Gasteiger partial charge is 0.401 e. The number of hydrogen-bond donors (Lipinski definition) is 2. The van der Waals surface area contributed by atoms with Crippen LogP contribution in [-0.2, 0) is 0 Å². The van der Waals surface area contributed by atoms with Crippen LogP contribution in [0.1, 0.15) is 20.8 Å². The fraction of sp³-hybridized carbons (Fsp3) is 0.444. The minimum atomic E-state index is -0.118. The second-order valence-corrected chi connectivity index (χ2v) is 4.09. The summed E-state index contributed by atoms with van der Waals surface area (Å²) in [6, 6.07) is 0. The molecule has 0 bridgehead atoms. The maximum Gasteiger partial charge on any atom is 0.105 e. The van der Waals surface area contributed by atoms with Gasteiger partial charge in [0.15, 0.2) is 0 Å². The second kappa shape index (κ2) is 3.72. The Morgan fingerprint density at radius 3 is 1.83 bits per heavy atom. The van der Waals surface area contributed by atoms with Crippen LogP contribution in [-0.4, -0.2) is 4.99 Å². The first kappa shape index (κ1) is 11.2. The van der Waals surface area contributed by atoms with Crippen LogP contribution in [0.15, 0.2) is 23.9 Å². The number of nitrogens with two attached hydrogens (primary N) is 2. The molecule has 3 heteroatoms. The van der Waals surface area contributed by atoms with Gasteiger partial charge in [0.1, 0.15) is 4.99 Å². The highest BCUT2D eigenvalue weighted by atomic mass is 32.1. The van der Waals surface area contributed by atoms with Gasteiger partial charge in [-0.15, -0.1) is 0 Å². The second-order valence-electron chi connectivity index (χ2n) is 3.65. The number of hydrogen-bond acceptors (Lipinski definition) is 2. The predicted octanol–water partition coefficient (Wildman–Crippen LogP) is 1.72. The molecule has 12 heavy (non-hydrogen) atoms. The van der Waals surface area contributed by atoms with Crippen LogP contribution in [0.25, 0.3) is 0 Å². The van der Waals surface area contributed by atoms with E-state index in [1.807, 2.05) is 20.8 Å². The van der Waals surface area contributed by atoms with E-state index in [0.717, 1.165) is 0 Å². The summed E-state index contributed by atoms with van der Waals surface area (Å²) in [6.07, 6.45) is 1.60. The van der Waals surface area contributed by atoms with Gasteiger partial charge < -0.3 is 11.5 Å². The Bertz CT molecular complexity index is 233. The molecule has 0 aromatic heterocycles. The maximum atomic E-state index is 5.85. The minimum Gasteiger partial charge on any atom is -0.401 e. The van der Waals surface area contributed by atoms with Crippen LogP contribution in [0.4, 0.5) is 0 Å². The van der Waals surface area contributed by atoms with Gasteiger partial charge in [0.25, 0.3) is 0 Å². The van der Waals surface area contributed by atoms with Crippen molar-refractivity contribution in [1.82, 2.24) is 0 Å². The molecule has 2 nitrogen and oxygen atoms in total. The molecule has 0 aliphatic rings. The van der Waals surface area contributed by atoms with E-state index in [0.29, 0.717) is 16.3 Å². The Morgan fingerprint density at radius 1 is 1.33 bits per heavy atom. The molecule has 0 amide bonds. The predicted molar refractivity (Wildman–Crippen MR) is 57.7 cm³/mol. The summed E-state index contributed by atoms with van der Waals surface area (Å²) in [7, 11) is 0. The summed E-state index contributed by atoms with van der Waals surface area (Å²) >= 11 is 4.83. The van der Waals surface area contributed by atoms with Gasteiger partial charge in [0, 0.05) is 16.7 Å². The summed E-state index contributed by atoms with van der Waals surface area (Å²) in [4.78, 5) is 0.303. The zero-order valence-corrected chi connectivity index (χ0v) is 8.66. The quantitative estimate of drug-likeness (QED) is 0.390. The van der Waals surface area contributed by atoms with E-state index in [1.165, 1.54) is 0 Å². The normalized spacial score (nSPS) is 13.6. The van der Waals surface area contributed by atoms with Crippen molar-refractivity contribution < 1.29 is 0 Å². The summed E-state index contributed by atoms with van der Waals surface area (Å²) < 4.78 is 0. The molecule has 0 saturated heterocycles. The summed E-state index contributed by atoms with van der Waals surface area (Å²) in [6.45, 7) is 9.62. The molecule has 0 aromatic rings. The first-order chi connectivity index (χ1) is 5.30. The molecule has 0 spiro atoms. The molecule has 0 aromatic carbocycles. The average molecular weight is 184 g/mol. The third-order valence-electron chi connectivity index (χ3n) is 1.57. The lowest BCUT2D eigenvalue weighted by molar-refractivity contribution is 0.496. The first-order valence-corrected chi connectivity index (χ1v) is 4.14. The van der Waals surface area contributed by atoms with E-state index < -0.39 is 0 Å². The van der Waals surface area contributed by atoms with Crippen molar-refractivity contribution in [3.63, 3.8) is 0 Å². The van der Waals surface area contributed by atoms with Crippen LogP contribution in [0.3, 0.4) is 0 Å². The van der Waals surface area contributed by atoms with Gasteiger partial charge in [-0.2, -0.15) is 0 Å². The zero-order chi connectivity index (χ0) is 9.94. The van der Waals surface area contributed by atoms with Crippen LogP contribution in [0, 0.1) is 5.41 Å². The first-order valence-electron chi connectivity index (χ1n) is 3.73. The lowest BCUT2D eigenvalue weighted by atomic mass is 9.89. The molecule has 0 saturated carbocycles. The van der Waals surface area contributed by atoms with Gasteiger partial charge in [-0.1, -0.05) is 45.6 Å². The van der Waals surface area contributed by atoms with Crippen molar-refractivity contribution in [3.05, 3.63) is 23.9 Å². The highest BCUT2D eigenvalue weighted by Crippen LogP contribution is 2.23. The van der Waals surface area contributed by atoms with Crippen LogP contribution < -0.4 is 11.5 Å². The Balaban J connectivity index is 5.12. The topological polar surface area (TPSA) is 52.0 Å². The maximum absolute atomic E-state index is 5.85. The molecule has 0 atom stereocenters. The number of thiocarbonyl (C=S) groups is 1. The molecular weight excluding hydrogens is 168 g/mol. The van der Waals surface area contributed by atoms with Crippen molar-refractivity contribution in [2.24, 2.45) is 16.9 Å². The van der Waals surface area contributed by atoms with E-state index in [4.69, 9.17) is 23.7 Å². The Labute approximate surface area is 79.3 Å². The standard InChI is InChI=1S/C9H16N2S/c1-5-6(8(11)12)7(10)9(2,3)4/h5H,1,10H2,2-4H3,(H2,11,12). The SMILES string of the molecule is C=CC(C(N)=S)=C(N)C(C)(C)C. The van der Waals surface area contributed by atoms with E-state index in [9.17, 15) is 0 Å². The molecule has 0 fully saturated rings. The molecule has 68 valence electrons. The van der Waals surface area contributed by atoms with Gasteiger partial charge in [-0.05, 0) is 0 Å². The van der Waals surface area contributed by atoms with Crippen molar-refractivity contribution in [3.8, 4) is 0 Å². The molecule has 0 radical (unpaired) electrons. The smallest absolute Gasteiger partial charge is 0.105 e. The Hall–Kier alpha value is -0.830. The van der Waals surface area contributed by atoms with Gasteiger partial charge in [0.2, 0.25) is 0 Å². The Kier molecular flexibility index (Phi) is 3.46. The van der Waals surface area contributed by atoms with Crippen molar-refractivity contribution in [2.45, 2.75) is 20.8 Å². The van der Waals surface area contributed by atoms with Gasteiger partial charge in [0.05, 0.1) is 0 Å². The lowest BCUT2D eigenvalue weighted by Gasteiger charge is -2.21. The van der Waals surface area contributed by atoms with E-state index in [1.54, 1.807) is 6.08 Å². The van der Waals surface area contributed by atoms with Gasteiger partial charge >= 0.3 is 0 Å². The van der Waals surface area contributed by atoms with Crippen LogP contribution in [0.2, 0.25) is 0 Å². The molecule has 0 rings (SSSR count). The monoisotopic (exact) mass is 184 g/mol. The zero-order valence-electron chi connectivity index (χ0n) is 7.85. The fourth-order valence-electron chi connectivity index (χ4n) is 0.747. The van der Waals surface area contributed by atoms with Crippen LogP contribution in [0.5, 0.6) is 0 Å². The molecule has 0 aliphatic carbocycles. The van der Waals surface area contributed by atoms with Gasteiger partial charge in [-0.25, -0.2) is 0 Å². The Morgan fingerprint density at radius 2 is 1.75 bits per heavy atom. The molecular formula is C9H16N2S. The summed E-state index contributed by atoms with van der Waals surface area (Å²) in [5.74, 6) is 0. The van der Waals surface area contributed by atoms with Crippen molar-refractivity contribution in [1.29, 1.82) is 0 Å². The molecule has 0 unspecified atom stereocenters. The number of allylic oxidation sites excluding steroid dienone is 1. The third kappa shape index (κ3) is 2.66. The number of rotatable bonds is 2. The van der Waals surface area contributed by atoms with Crippen LogP contribution >= 0.6 is 12.2 Å². The highest BCUT2D eigenvalue weighted by molar-refractivity contribution is 7.80. The average Bonchev–Trinajstić information content (AvgIpc) is 1.86. The van der Waals surface area contributed by atoms with Crippen molar-refractivity contribution >= 4 is 17.2 Å². The van der Waals surface area contributed by atoms with E-state index in [2.05, 4.69) is 6.58 Å². The lowest BCUT2D eigenvalue weighted by Crippen LogP contribution is -2.24. The molecule has 4 N–H and O–H groups in total. The summed E-state index contributed by atoms with van der Waals surface area (Å²) in [5, 5.41) is 0. The van der Waals surface area contributed by atoms with Gasteiger partial charge in [-0.3, -0.25) is 0 Å². The summed E-state index contributed by atoms with van der Waals surface area (Å²) in [5.41, 5.74) is 12.6. The molecule has 0 aliphatic heterocycles. The molecule has 0 heterocycles.